The van der Waals surface area contributed by atoms with Crippen LogP contribution in [0.5, 0.6) is 0 Å². The molecule has 1 N–H and O–H groups in total. The van der Waals surface area contributed by atoms with Crippen LogP contribution in [0.3, 0.4) is 0 Å². The maximum Gasteiger partial charge on any atom is 0.246 e. The second kappa shape index (κ2) is 8.67. The zero-order valence-electron chi connectivity index (χ0n) is 15.9. The summed E-state index contributed by atoms with van der Waals surface area (Å²) in [6, 6.07) is 15.6. The normalized spacial score (nSPS) is 17.1. The lowest BCUT2D eigenvalue weighted by Crippen LogP contribution is -2.43. The van der Waals surface area contributed by atoms with Crippen LogP contribution in [0.1, 0.15) is 29.5 Å². The number of hydrogen-bond acceptors (Lipinski definition) is 2. The van der Waals surface area contributed by atoms with E-state index in [1.807, 2.05) is 55.5 Å². The van der Waals surface area contributed by atoms with Crippen LogP contribution < -0.4 is 5.32 Å². The van der Waals surface area contributed by atoms with Crippen molar-refractivity contribution < 1.29 is 9.59 Å². The van der Waals surface area contributed by atoms with Crippen LogP contribution in [0.25, 0.3) is 6.08 Å². The van der Waals surface area contributed by atoms with Gasteiger partial charge >= 0.3 is 0 Å². The molecule has 0 aromatic heterocycles. The first-order valence-electron chi connectivity index (χ1n) is 9.43. The Morgan fingerprint density at radius 3 is 2.63 bits per heavy atom. The Bertz CT molecular complexity index is 843. The van der Waals surface area contributed by atoms with Crippen molar-refractivity contribution in [2.24, 2.45) is 5.92 Å². The van der Waals surface area contributed by atoms with E-state index in [4.69, 9.17) is 0 Å². The van der Waals surface area contributed by atoms with E-state index in [1.165, 1.54) is 5.56 Å². The van der Waals surface area contributed by atoms with Crippen LogP contribution in [0, 0.1) is 19.8 Å². The summed E-state index contributed by atoms with van der Waals surface area (Å²) in [6.45, 7) is 5.27. The number of carbonyl (C=O) groups is 2. The van der Waals surface area contributed by atoms with E-state index in [0.29, 0.717) is 13.1 Å². The Labute approximate surface area is 160 Å². The van der Waals surface area contributed by atoms with Gasteiger partial charge in [0, 0.05) is 24.9 Å². The molecule has 1 fully saturated rings. The molecule has 2 amide bonds. The maximum absolute atomic E-state index is 12.6. The summed E-state index contributed by atoms with van der Waals surface area (Å²) in [5, 5.41) is 2.95. The first-order valence-corrected chi connectivity index (χ1v) is 9.43. The van der Waals surface area contributed by atoms with Crippen molar-refractivity contribution in [2.75, 3.05) is 18.4 Å². The van der Waals surface area contributed by atoms with Crippen LogP contribution in [-0.2, 0) is 9.59 Å². The molecule has 27 heavy (non-hydrogen) atoms. The van der Waals surface area contributed by atoms with Gasteiger partial charge in [-0.25, -0.2) is 0 Å². The number of nitrogens with one attached hydrogen (secondary N) is 1. The van der Waals surface area contributed by atoms with E-state index in [2.05, 4.69) is 18.3 Å². The number of amides is 2. The van der Waals surface area contributed by atoms with E-state index < -0.39 is 0 Å². The monoisotopic (exact) mass is 362 g/mol. The van der Waals surface area contributed by atoms with Crippen LogP contribution in [0.4, 0.5) is 5.69 Å². The maximum atomic E-state index is 12.6. The minimum Gasteiger partial charge on any atom is -0.338 e. The molecular weight excluding hydrogens is 336 g/mol. The summed E-state index contributed by atoms with van der Waals surface area (Å²) >= 11 is 0. The number of anilines is 1. The number of piperidine rings is 1. The Morgan fingerprint density at radius 1 is 1.11 bits per heavy atom. The molecule has 1 atom stereocenters. The zero-order chi connectivity index (χ0) is 19.2. The highest BCUT2D eigenvalue weighted by molar-refractivity contribution is 5.95. The number of likely N-dealkylation sites (tertiary alicyclic amines) is 1. The fraction of sp³-hybridized carbons (Fsp3) is 0.304. The number of aryl methyl sites for hydroxylation is 2. The third-order valence-electron chi connectivity index (χ3n) is 4.98. The molecule has 3 rings (SSSR count). The first-order chi connectivity index (χ1) is 13.0. The Kier molecular flexibility index (Phi) is 6.07. The fourth-order valence-corrected chi connectivity index (χ4v) is 3.44. The average molecular weight is 362 g/mol. The van der Waals surface area contributed by atoms with Gasteiger partial charge < -0.3 is 10.2 Å². The molecule has 0 radical (unpaired) electrons. The standard InChI is InChI=1S/C23H26N2O2/c1-17-10-11-19(18(2)15-17)12-13-22(26)25-14-6-7-20(16-25)23(27)24-21-8-4-3-5-9-21/h3-5,8-13,15,20H,6-7,14,16H2,1-2H3,(H,24,27). The summed E-state index contributed by atoms with van der Waals surface area (Å²) in [5.41, 5.74) is 4.20. The minimum atomic E-state index is -0.169. The second-order valence-corrected chi connectivity index (χ2v) is 7.17. The van der Waals surface area contributed by atoms with Crippen molar-refractivity contribution >= 4 is 23.6 Å². The predicted octanol–water partition coefficient (Wildman–Crippen LogP) is 4.19. The summed E-state index contributed by atoms with van der Waals surface area (Å²) in [7, 11) is 0. The lowest BCUT2D eigenvalue weighted by atomic mass is 9.96. The molecule has 1 saturated heterocycles. The smallest absolute Gasteiger partial charge is 0.246 e. The van der Waals surface area contributed by atoms with Crippen LogP contribution in [-0.4, -0.2) is 29.8 Å². The molecule has 0 aliphatic carbocycles. The van der Waals surface area contributed by atoms with Gasteiger partial charge in [0.2, 0.25) is 11.8 Å². The largest absolute Gasteiger partial charge is 0.338 e. The van der Waals surface area contributed by atoms with E-state index in [0.717, 1.165) is 29.7 Å². The van der Waals surface area contributed by atoms with E-state index in [1.54, 1.807) is 11.0 Å². The number of nitrogens with zero attached hydrogens (tertiary/aromatic N) is 1. The van der Waals surface area contributed by atoms with Gasteiger partial charge in [0.25, 0.3) is 0 Å². The van der Waals surface area contributed by atoms with Crippen molar-refractivity contribution in [3.63, 3.8) is 0 Å². The van der Waals surface area contributed by atoms with Crippen molar-refractivity contribution in [2.45, 2.75) is 26.7 Å². The molecule has 1 unspecified atom stereocenters. The molecule has 4 heteroatoms. The van der Waals surface area contributed by atoms with E-state index in [9.17, 15) is 9.59 Å². The fourth-order valence-electron chi connectivity index (χ4n) is 3.44. The zero-order valence-corrected chi connectivity index (χ0v) is 15.9. The number of benzene rings is 2. The van der Waals surface area contributed by atoms with Crippen molar-refractivity contribution in [1.82, 2.24) is 4.90 Å². The number of carbonyl (C=O) groups excluding carboxylic acids is 2. The molecule has 0 spiro atoms. The van der Waals surface area contributed by atoms with Gasteiger partial charge in [-0.05, 0) is 56.0 Å². The summed E-state index contributed by atoms with van der Waals surface area (Å²) in [4.78, 5) is 26.9. The first kappa shape index (κ1) is 18.9. The molecule has 1 aliphatic heterocycles. The third kappa shape index (κ3) is 5.07. The highest BCUT2D eigenvalue weighted by Gasteiger charge is 2.27. The predicted molar refractivity (Wildman–Crippen MR) is 109 cm³/mol. The quantitative estimate of drug-likeness (QED) is 0.829. The van der Waals surface area contributed by atoms with Crippen molar-refractivity contribution in [3.05, 3.63) is 71.3 Å². The van der Waals surface area contributed by atoms with Gasteiger partial charge in [0.15, 0.2) is 0 Å². The van der Waals surface area contributed by atoms with Crippen LogP contribution in [0.15, 0.2) is 54.6 Å². The van der Waals surface area contributed by atoms with Gasteiger partial charge in [-0.15, -0.1) is 0 Å². The molecule has 140 valence electrons. The highest BCUT2D eigenvalue weighted by Crippen LogP contribution is 2.20. The number of rotatable bonds is 4. The minimum absolute atomic E-state index is 0.0166. The topological polar surface area (TPSA) is 49.4 Å². The molecule has 1 aliphatic rings. The van der Waals surface area contributed by atoms with E-state index in [-0.39, 0.29) is 17.7 Å². The van der Waals surface area contributed by atoms with Crippen molar-refractivity contribution in [3.8, 4) is 0 Å². The van der Waals surface area contributed by atoms with Gasteiger partial charge in [0.05, 0.1) is 5.92 Å². The second-order valence-electron chi connectivity index (χ2n) is 7.17. The Hall–Kier alpha value is -2.88. The Morgan fingerprint density at radius 2 is 1.89 bits per heavy atom. The summed E-state index contributed by atoms with van der Waals surface area (Å²) in [5.74, 6) is -0.221. The number of para-hydroxylation sites is 1. The lowest BCUT2D eigenvalue weighted by Gasteiger charge is -2.31. The average Bonchev–Trinajstić information content (AvgIpc) is 2.68. The Balaban J connectivity index is 1.60. The molecule has 2 aromatic carbocycles. The van der Waals surface area contributed by atoms with Gasteiger partial charge in [-0.3, -0.25) is 9.59 Å². The molecule has 0 saturated carbocycles. The third-order valence-corrected chi connectivity index (χ3v) is 4.98. The van der Waals surface area contributed by atoms with Crippen molar-refractivity contribution in [1.29, 1.82) is 0 Å². The van der Waals surface area contributed by atoms with Gasteiger partial charge in [-0.2, -0.15) is 0 Å². The molecule has 0 bridgehead atoms. The van der Waals surface area contributed by atoms with E-state index >= 15 is 0 Å². The molecular formula is C23H26N2O2. The summed E-state index contributed by atoms with van der Waals surface area (Å²) < 4.78 is 0. The highest BCUT2D eigenvalue weighted by atomic mass is 16.2. The summed E-state index contributed by atoms with van der Waals surface area (Å²) in [6.07, 6.45) is 5.14. The molecule has 1 heterocycles. The SMILES string of the molecule is Cc1ccc(C=CC(=O)N2CCCC(C(=O)Nc3ccccc3)C2)c(C)c1. The van der Waals surface area contributed by atoms with Gasteiger partial charge in [-0.1, -0.05) is 42.0 Å². The van der Waals surface area contributed by atoms with Gasteiger partial charge in [0.1, 0.15) is 0 Å². The molecule has 2 aromatic rings. The van der Waals surface area contributed by atoms with Crippen LogP contribution in [0.2, 0.25) is 0 Å². The lowest BCUT2D eigenvalue weighted by molar-refractivity contribution is -0.130. The number of hydrogen-bond donors (Lipinski definition) is 1. The van der Waals surface area contributed by atoms with Crippen LogP contribution >= 0.6 is 0 Å². The molecule has 4 nitrogen and oxygen atoms in total.